The highest BCUT2D eigenvalue weighted by atomic mass is 16.7. The molecule has 1 rings (SSSR count). The molecule has 0 bridgehead atoms. The maximum absolute atomic E-state index is 13.3. The summed E-state index contributed by atoms with van der Waals surface area (Å²) in [5.74, 6) is 0.211. The molecule has 9 heteroatoms. The second kappa shape index (κ2) is 33.5. The number of aliphatic hydroxyl groups is 5. The van der Waals surface area contributed by atoms with E-state index in [0.29, 0.717) is 6.42 Å². The Bertz CT molecular complexity index is 812. The SMILES string of the molecule is CCCCCCCC/C=C\CCCCCCCC(=O)N[C@H](CO[C@H]1O[C@H](CO)[C@H](O)[C@H](O)[C@H]1O)[C@H](CCCCC)CCCCCCCCCCO. The van der Waals surface area contributed by atoms with Crippen molar-refractivity contribution in [3.05, 3.63) is 12.2 Å². The molecular formula is C42H81NO8. The molecule has 1 fully saturated rings. The number of aliphatic hydroxyl groups excluding tert-OH is 5. The summed E-state index contributed by atoms with van der Waals surface area (Å²) in [6.45, 7) is 4.32. The van der Waals surface area contributed by atoms with Gasteiger partial charge in [-0.15, -0.1) is 0 Å². The summed E-state index contributed by atoms with van der Waals surface area (Å²) in [7, 11) is 0. The van der Waals surface area contributed by atoms with Crippen molar-refractivity contribution >= 4 is 5.91 Å². The first-order valence-electron chi connectivity index (χ1n) is 21.4. The molecule has 1 amide bonds. The molecule has 0 radical (unpaired) electrons. The Balaban J connectivity index is 2.62. The zero-order chi connectivity index (χ0) is 37.4. The second-order valence-corrected chi connectivity index (χ2v) is 15.1. The molecule has 7 atom stereocenters. The molecule has 0 aromatic carbocycles. The van der Waals surface area contributed by atoms with Crippen LogP contribution in [0.3, 0.4) is 0 Å². The van der Waals surface area contributed by atoms with Gasteiger partial charge in [0.15, 0.2) is 6.29 Å². The van der Waals surface area contributed by atoms with Gasteiger partial charge in [-0.1, -0.05) is 142 Å². The smallest absolute Gasteiger partial charge is 0.220 e. The van der Waals surface area contributed by atoms with E-state index in [2.05, 4.69) is 31.3 Å². The summed E-state index contributed by atoms with van der Waals surface area (Å²) in [6.07, 6.45) is 28.4. The lowest BCUT2D eigenvalue weighted by Gasteiger charge is -2.40. The number of unbranched alkanes of at least 4 members (excludes halogenated alkanes) is 20. The fourth-order valence-corrected chi connectivity index (χ4v) is 7.12. The van der Waals surface area contributed by atoms with Crippen molar-refractivity contribution in [1.82, 2.24) is 5.32 Å². The van der Waals surface area contributed by atoms with Crippen LogP contribution in [-0.4, -0.2) is 88.0 Å². The molecule has 0 aliphatic carbocycles. The number of rotatable bonds is 35. The topological polar surface area (TPSA) is 149 Å². The zero-order valence-electron chi connectivity index (χ0n) is 32.9. The van der Waals surface area contributed by atoms with Crippen molar-refractivity contribution in [2.24, 2.45) is 5.92 Å². The Hall–Kier alpha value is -1.07. The summed E-state index contributed by atoms with van der Waals surface area (Å²) >= 11 is 0. The van der Waals surface area contributed by atoms with Gasteiger partial charge >= 0.3 is 0 Å². The predicted octanol–water partition coefficient (Wildman–Crippen LogP) is 8.02. The van der Waals surface area contributed by atoms with Crippen LogP contribution in [0.2, 0.25) is 0 Å². The van der Waals surface area contributed by atoms with E-state index in [1.54, 1.807) is 0 Å². The van der Waals surface area contributed by atoms with Crippen molar-refractivity contribution in [3.8, 4) is 0 Å². The minimum absolute atomic E-state index is 0.0124. The maximum atomic E-state index is 13.3. The van der Waals surface area contributed by atoms with E-state index in [4.69, 9.17) is 14.6 Å². The number of carbonyl (C=O) groups excluding carboxylic acids is 1. The van der Waals surface area contributed by atoms with E-state index in [1.165, 1.54) is 83.5 Å². The number of ether oxygens (including phenoxy) is 2. The van der Waals surface area contributed by atoms with Gasteiger partial charge in [0.05, 0.1) is 19.3 Å². The van der Waals surface area contributed by atoms with E-state index < -0.39 is 37.3 Å². The summed E-state index contributed by atoms with van der Waals surface area (Å²) in [4.78, 5) is 13.3. The van der Waals surface area contributed by atoms with Crippen molar-refractivity contribution in [1.29, 1.82) is 0 Å². The molecule has 6 N–H and O–H groups in total. The van der Waals surface area contributed by atoms with E-state index in [9.17, 15) is 25.2 Å². The third-order valence-corrected chi connectivity index (χ3v) is 10.5. The van der Waals surface area contributed by atoms with Crippen molar-refractivity contribution in [3.63, 3.8) is 0 Å². The van der Waals surface area contributed by atoms with Crippen LogP contribution >= 0.6 is 0 Å². The highest BCUT2D eigenvalue weighted by Gasteiger charge is 2.44. The van der Waals surface area contributed by atoms with Crippen LogP contribution in [0.15, 0.2) is 12.2 Å². The number of carbonyl (C=O) groups is 1. The highest BCUT2D eigenvalue weighted by molar-refractivity contribution is 5.76. The number of hydrogen-bond acceptors (Lipinski definition) is 8. The third kappa shape index (κ3) is 24.1. The molecule has 0 saturated carbocycles. The Labute approximate surface area is 312 Å². The second-order valence-electron chi connectivity index (χ2n) is 15.1. The van der Waals surface area contributed by atoms with Gasteiger partial charge in [0, 0.05) is 13.0 Å². The van der Waals surface area contributed by atoms with Crippen molar-refractivity contribution in [2.75, 3.05) is 19.8 Å². The Morgan fingerprint density at radius 1 is 0.647 bits per heavy atom. The Kier molecular flexibility index (Phi) is 31.5. The molecule has 0 aromatic heterocycles. The summed E-state index contributed by atoms with van der Waals surface area (Å²) in [6, 6.07) is -0.275. The van der Waals surface area contributed by atoms with Gasteiger partial charge in [0.2, 0.25) is 5.91 Å². The third-order valence-electron chi connectivity index (χ3n) is 10.5. The molecule has 0 aromatic rings. The molecule has 0 unspecified atom stereocenters. The van der Waals surface area contributed by atoms with E-state index in [1.807, 2.05) is 0 Å². The molecule has 1 aliphatic rings. The van der Waals surface area contributed by atoms with Gasteiger partial charge < -0.3 is 40.3 Å². The Morgan fingerprint density at radius 2 is 1.14 bits per heavy atom. The normalized spacial score (nSPS) is 22.1. The number of amides is 1. The average Bonchev–Trinajstić information content (AvgIpc) is 3.13. The minimum atomic E-state index is -1.50. The van der Waals surface area contributed by atoms with Crippen molar-refractivity contribution < 1.29 is 39.8 Å². The fraction of sp³-hybridized carbons (Fsp3) is 0.929. The summed E-state index contributed by atoms with van der Waals surface area (Å²) in [5.41, 5.74) is 0. The maximum Gasteiger partial charge on any atom is 0.220 e. The standard InChI is InChI=1S/C42H81NO8/c1-3-5-7-8-9-10-11-12-13-14-15-16-20-23-27-31-38(46)43-36(34-50-42-41(49)40(48)39(47)37(33-45)51-42)35(29-25-6-4-2)30-26-22-19-17-18-21-24-28-32-44/h12-13,35-37,39-42,44-45,47-49H,3-11,14-34H2,1-2H3,(H,43,46)/b13-12-/t35-,36-,37-,39+,40+,41-,42+/m1/s1. The van der Waals surface area contributed by atoms with Crippen LogP contribution in [0.5, 0.6) is 0 Å². The first kappa shape index (κ1) is 48.0. The first-order chi connectivity index (χ1) is 24.9. The van der Waals surface area contributed by atoms with Crippen LogP contribution in [0.25, 0.3) is 0 Å². The van der Waals surface area contributed by atoms with Gasteiger partial charge in [-0.25, -0.2) is 0 Å². The van der Waals surface area contributed by atoms with Gasteiger partial charge in [0.1, 0.15) is 24.4 Å². The zero-order valence-corrected chi connectivity index (χ0v) is 32.9. The lowest BCUT2D eigenvalue weighted by Crippen LogP contribution is -2.59. The fourth-order valence-electron chi connectivity index (χ4n) is 7.12. The van der Waals surface area contributed by atoms with Crippen LogP contribution in [-0.2, 0) is 14.3 Å². The van der Waals surface area contributed by atoms with Crippen LogP contribution in [0.1, 0.15) is 187 Å². The molecule has 51 heavy (non-hydrogen) atoms. The van der Waals surface area contributed by atoms with Gasteiger partial charge in [0.25, 0.3) is 0 Å². The molecule has 0 spiro atoms. The molecule has 1 aliphatic heterocycles. The lowest BCUT2D eigenvalue weighted by molar-refractivity contribution is -0.302. The van der Waals surface area contributed by atoms with E-state index >= 15 is 0 Å². The van der Waals surface area contributed by atoms with Gasteiger partial charge in [-0.2, -0.15) is 0 Å². The quantitative estimate of drug-likeness (QED) is 0.0284. The van der Waals surface area contributed by atoms with Crippen LogP contribution < -0.4 is 5.32 Å². The number of nitrogens with one attached hydrogen (secondary N) is 1. The van der Waals surface area contributed by atoms with E-state index in [0.717, 1.165) is 83.5 Å². The Morgan fingerprint density at radius 3 is 1.71 bits per heavy atom. The van der Waals surface area contributed by atoms with E-state index in [-0.39, 0.29) is 31.1 Å². The largest absolute Gasteiger partial charge is 0.396 e. The molecule has 302 valence electrons. The molecular weight excluding hydrogens is 646 g/mol. The van der Waals surface area contributed by atoms with Gasteiger partial charge in [-0.05, 0) is 57.3 Å². The van der Waals surface area contributed by atoms with Crippen LogP contribution in [0, 0.1) is 5.92 Å². The monoisotopic (exact) mass is 728 g/mol. The summed E-state index contributed by atoms with van der Waals surface area (Å²) in [5, 5.41) is 53.0. The number of hydrogen-bond donors (Lipinski definition) is 6. The molecule has 9 nitrogen and oxygen atoms in total. The minimum Gasteiger partial charge on any atom is -0.396 e. The van der Waals surface area contributed by atoms with Crippen LogP contribution in [0.4, 0.5) is 0 Å². The predicted molar refractivity (Wildman–Crippen MR) is 207 cm³/mol. The summed E-state index contributed by atoms with van der Waals surface area (Å²) < 4.78 is 11.6. The molecule has 1 saturated heterocycles. The highest BCUT2D eigenvalue weighted by Crippen LogP contribution is 2.26. The van der Waals surface area contributed by atoms with Crippen molar-refractivity contribution in [2.45, 2.75) is 224 Å². The van der Waals surface area contributed by atoms with Gasteiger partial charge in [-0.3, -0.25) is 4.79 Å². The lowest BCUT2D eigenvalue weighted by atomic mass is 9.88. The molecule has 1 heterocycles. The first-order valence-corrected chi connectivity index (χ1v) is 21.4. The number of allylic oxidation sites excluding steroid dienone is 2. The average molecular weight is 728 g/mol.